The molecule has 1 aliphatic rings. The average molecular weight is 337 g/mol. The summed E-state index contributed by atoms with van der Waals surface area (Å²) in [6.45, 7) is 4.57. The Hall–Kier alpha value is -2.89. The summed E-state index contributed by atoms with van der Waals surface area (Å²) in [6.07, 6.45) is 3.42. The molecule has 3 heterocycles. The summed E-state index contributed by atoms with van der Waals surface area (Å²) >= 11 is 0. The predicted molar refractivity (Wildman–Crippen MR) is 94.3 cm³/mol. The second-order valence-corrected chi connectivity index (χ2v) is 6.32. The molecule has 0 unspecified atom stereocenters. The van der Waals surface area contributed by atoms with Gasteiger partial charge in [0.2, 0.25) is 0 Å². The van der Waals surface area contributed by atoms with Crippen LogP contribution in [-0.4, -0.2) is 29.7 Å². The average Bonchev–Trinajstić information content (AvgIpc) is 3.02. The monoisotopic (exact) mass is 337 g/mol. The van der Waals surface area contributed by atoms with Crippen molar-refractivity contribution in [3.63, 3.8) is 0 Å². The van der Waals surface area contributed by atoms with Gasteiger partial charge in [-0.1, -0.05) is 11.2 Å². The van der Waals surface area contributed by atoms with Gasteiger partial charge in [0.25, 0.3) is 11.6 Å². The zero-order chi connectivity index (χ0) is 17.6. The molecule has 1 aromatic carbocycles. The van der Waals surface area contributed by atoms with Crippen molar-refractivity contribution in [3.05, 3.63) is 46.8 Å². The van der Waals surface area contributed by atoms with E-state index >= 15 is 0 Å². The van der Waals surface area contributed by atoms with Gasteiger partial charge in [-0.25, -0.2) is 4.98 Å². The van der Waals surface area contributed by atoms with Crippen LogP contribution in [0.1, 0.15) is 33.6 Å². The lowest BCUT2D eigenvalue weighted by Crippen LogP contribution is -2.36. The smallest absolute Gasteiger partial charge is 0.259 e. The summed E-state index contributed by atoms with van der Waals surface area (Å²) in [5.74, 6) is 0.642. The molecule has 128 valence electrons. The number of rotatable bonds is 2. The van der Waals surface area contributed by atoms with Crippen LogP contribution in [0.3, 0.4) is 0 Å². The highest BCUT2D eigenvalue weighted by Gasteiger charge is 2.28. The maximum atomic E-state index is 13.2. The highest BCUT2D eigenvalue weighted by atomic mass is 16.5. The van der Waals surface area contributed by atoms with Crippen molar-refractivity contribution in [2.24, 2.45) is 0 Å². The number of hydrogen-bond acceptors (Lipinski definition) is 5. The van der Waals surface area contributed by atoms with Crippen LogP contribution in [0, 0.1) is 13.8 Å². The zero-order valence-corrected chi connectivity index (χ0v) is 14.5. The number of carbonyl (C=O) groups excluding carboxylic acids is 1. The summed E-state index contributed by atoms with van der Waals surface area (Å²) in [4.78, 5) is 19.2. The molecule has 1 aliphatic heterocycles. The number of pyridine rings is 1. The number of aromatic nitrogens is 2. The molecule has 0 fully saturated rings. The number of amides is 1. The van der Waals surface area contributed by atoms with Gasteiger partial charge in [-0.3, -0.25) is 4.79 Å². The second kappa shape index (κ2) is 5.88. The Morgan fingerprint density at radius 3 is 2.96 bits per heavy atom. The normalized spacial score (nSPS) is 13.8. The summed E-state index contributed by atoms with van der Waals surface area (Å²) in [7, 11) is 1.64. The minimum atomic E-state index is -0.0835. The minimum Gasteiger partial charge on any atom is -0.495 e. The molecule has 3 aromatic rings. The summed E-state index contributed by atoms with van der Waals surface area (Å²) in [5, 5.41) is 4.66. The Labute approximate surface area is 145 Å². The molecule has 0 radical (unpaired) electrons. The van der Waals surface area contributed by atoms with E-state index in [9.17, 15) is 4.79 Å². The second-order valence-electron chi connectivity index (χ2n) is 6.32. The first-order valence-corrected chi connectivity index (χ1v) is 8.30. The minimum absolute atomic E-state index is 0.0835. The van der Waals surface area contributed by atoms with E-state index in [-0.39, 0.29) is 5.91 Å². The van der Waals surface area contributed by atoms with Gasteiger partial charge < -0.3 is 14.2 Å². The van der Waals surface area contributed by atoms with Gasteiger partial charge >= 0.3 is 0 Å². The van der Waals surface area contributed by atoms with Crippen LogP contribution in [0.5, 0.6) is 5.75 Å². The van der Waals surface area contributed by atoms with E-state index in [1.807, 2.05) is 19.1 Å². The van der Waals surface area contributed by atoms with Gasteiger partial charge in [0.15, 0.2) is 0 Å². The third kappa shape index (κ3) is 2.45. The van der Waals surface area contributed by atoms with E-state index in [0.29, 0.717) is 17.8 Å². The molecule has 0 aliphatic carbocycles. The fourth-order valence-corrected chi connectivity index (χ4v) is 3.44. The number of benzene rings is 1. The van der Waals surface area contributed by atoms with Gasteiger partial charge in [-0.05, 0) is 49.9 Å². The third-order valence-corrected chi connectivity index (χ3v) is 4.78. The molecule has 0 saturated heterocycles. The molecule has 6 nitrogen and oxygen atoms in total. The lowest BCUT2D eigenvalue weighted by molar-refractivity contribution is 0.0984. The van der Waals surface area contributed by atoms with E-state index < -0.39 is 0 Å². The molecule has 4 rings (SSSR count). The molecule has 0 spiro atoms. The Kier molecular flexibility index (Phi) is 3.67. The van der Waals surface area contributed by atoms with Crippen LogP contribution in [0.2, 0.25) is 0 Å². The zero-order valence-electron chi connectivity index (χ0n) is 14.5. The van der Waals surface area contributed by atoms with Crippen molar-refractivity contribution < 1.29 is 14.1 Å². The van der Waals surface area contributed by atoms with Crippen molar-refractivity contribution in [3.8, 4) is 5.75 Å². The molecular formula is C19H19N3O3. The molecule has 0 saturated carbocycles. The first-order valence-electron chi connectivity index (χ1n) is 8.30. The van der Waals surface area contributed by atoms with Gasteiger partial charge in [0.05, 0.1) is 29.4 Å². The first kappa shape index (κ1) is 15.6. The number of carbonyl (C=O) groups is 1. The van der Waals surface area contributed by atoms with Crippen LogP contribution in [0.15, 0.2) is 28.9 Å². The SMILES string of the molecule is COc1ccc(C)c2c1N(C(=O)c1cnc3onc(C)c3c1)CCC2. The van der Waals surface area contributed by atoms with Gasteiger partial charge in [0, 0.05) is 12.7 Å². The van der Waals surface area contributed by atoms with E-state index in [0.717, 1.165) is 35.4 Å². The van der Waals surface area contributed by atoms with Crippen LogP contribution in [-0.2, 0) is 6.42 Å². The van der Waals surface area contributed by atoms with Gasteiger partial charge in [-0.2, -0.15) is 0 Å². The van der Waals surface area contributed by atoms with Crippen LogP contribution in [0.25, 0.3) is 11.1 Å². The fraction of sp³-hybridized carbons (Fsp3) is 0.316. The largest absolute Gasteiger partial charge is 0.495 e. The number of anilines is 1. The molecular weight excluding hydrogens is 318 g/mol. The summed E-state index contributed by atoms with van der Waals surface area (Å²) in [6, 6.07) is 5.76. The van der Waals surface area contributed by atoms with E-state index in [2.05, 4.69) is 17.1 Å². The van der Waals surface area contributed by atoms with E-state index in [4.69, 9.17) is 9.26 Å². The van der Waals surface area contributed by atoms with Crippen molar-refractivity contribution in [1.29, 1.82) is 0 Å². The highest BCUT2D eigenvalue weighted by molar-refractivity contribution is 6.08. The molecule has 2 aromatic heterocycles. The fourth-order valence-electron chi connectivity index (χ4n) is 3.44. The standard InChI is InChI=1S/C19H19N3O3/c1-11-6-7-16(24-3)17-14(11)5-4-8-22(17)19(23)13-9-15-12(2)21-25-18(15)20-10-13/h6-7,9-10H,4-5,8H2,1-3H3. The molecule has 0 atom stereocenters. The van der Waals surface area contributed by atoms with Crippen molar-refractivity contribution in [1.82, 2.24) is 10.1 Å². The number of methoxy groups -OCH3 is 1. The maximum Gasteiger partial charge on any atom is 0.259 e. The number of ether oxygens (including phenoxy) is 1. The molecule has 1 amide bonds. The van der Waals surface area contributed by atoms with Crippen LogP contribution < -0.4 is 9.64 Å². The lowest BCUT2D eigenvalue weighted by atomic mass is 9.95. The van der Waals surface area contributed by atoms with Crippen molar-refractivity contribution in [2.75, 3.05) is 18.6 Å². The molecule has 0 N–H and O–H groups in total. The number of nitrogens with zero attached hydrogens (tertiary/aromatic N) is 3. The number of hydrogen-bond donors (Lipinski definition) is 0. The molecule has 25 heavy (non-hydrogen) atoms. The number of aryl methyl sites for hydroxylation is 2. The van der Waals surface area contributed by atoms with E-state index in [1.54, 1.807) is 24.3 Å². The number of fused-ring (bicyclic) bond motifs is 2. The van der Waals surface area contributed by atoms with Gasteiger partial charge in [-0.15, -0.1) is 0 Å². The first-order chi connectivity index (χ1) is 12.1. The van der Waals surface area contributed by atoms with Crippen molar-refractivity contribution >= 4 is 22.7 Å². The Morgan fingerprint density at radius 2 is 2.16 bits per heavy atom. The van der Waals surface area contributed by atoms with E-state index in [1.165, 1.54) is 11.1 Å². The van der Waals surface area contributed by atoms with Crippen LogP contribution in [0.4, 0.5) is 5.69 Å². The Bertz CT molecular complexity index is 977. The Balaban J connectivity index is 1.81. The molecule has 0 bridgehead atoms. The Morgan fingerprint density at radius 1 is 1.32 bits per heavy atom. The maximum absolute atomic E-state index is 13.2. The predicted octanol–water partition coefficient (Wildman–Crippen LogP) is 3.44. The van der Waals surface area contributed by atoms with Crippen molar-refractivity contribution in [2.45, 2.75) is 26.7 Å². The van der Waals surface area contributed by atoms with Crippen LogP contribution >= 0.6 is 0 Å². The molecule has 6 heteroatoms. The quantitative estimate of drug-likeness (QED) is 0.716. The lowest BCUT2D eigenvalue weighted by Gasteiger charge is -2.32. The summed E-state index contributed by atoms with van der Waals surface area (Å²) < 4.78 is 10.7. The topological polar surface area (TPSA) is 68.5 Å². The third-order valence-electron chi connectivity index (χ3n) is 4.78. The highest BCUT2D eigenvalue weighted by Crippen LogP contribution is 2.39. The van der Waals surface area contributed by atoms with Gasteiger partial charge in [0.1, 0.15) is 5.75 Å². The summed E-state index contributed by atoms with van der Waals surface area (Å²) in [5.41, 5.74) is 4.92.